The maximum atomic E-state index is 14.6. The van der Waals surface area contributed by atoms with E-state index < -0.39 is 152 Å². The molecule has 2 aliphatic rings. The van der Waals surface area contributed by atoms with Gasteiger partial charge in [-0.3, -0.25) is 52.7 Å². The first-order valence-corrected chi connectivity index (χ1v) is 23.3. The number of phenols is 1. The van der Waals surface area contributed by atoms with Crippen LogP contribution >= 0.6 is 0 Å². The zero-order chi connectivity index (χ0) is 52.4. The van der Waals surface area contributed by atoms with Gasteiger partial charge in [0.15, 0.2) is 0 Å². The summed E-state index contributed by atoms with van der Waals surface area (Å²) in [5.41, 5.74) is 17.0. The quantitative estimate of drug-likeness (QED) is 0.0739. The van der Waals surface area contributed by atoms with Crippen LogP contribution in [0.4, 0.5) is 0 Å². The van der Waals surface area contributed by atoms with Crippen LogP contribution in [-0.2, 0) is 59.2 Å². The third kappa shape index (κ3) is 18.0. The second-order valence-corrected chi connectivity index (χ2v) is 18.2. The summed E-state index contributed by atoms with van der Waals surface area (Å²) in [5.74, 6) is -9.66. The second kappa shape index (κ2) is 27.1. The summed E-state index contributed by atoms with van der Waals surface area (Å²) in [5, 5.41) is 28.4. The predicted octanol–water partition coefficient (Wildman–Crippen LogP) is -3.09. The third-order valence-electron chi connectivity index (χ3n) is 12.0. The largest absolute Gasteiger partial charge is 0.508 e. The minimum absolute atomic E-state index is 0.00408. The molecule has 24 heteroatoms. The number of carbonyl (C=O) groups excluding carboxylic acids is 11. The fourth-order valence-electron chi connectivity index (χ4n) is 7.93. The fourth-order valence-corrected chi connectivity index (χ4v) is 7.93. The highest BCUT2D eigenvalue weighted by Crippen LogP contribution is 2.22. The van der Waals surface area contributed by atoms with Gasteiger partial charge < -0.3 is 69.3 Å². The van der Waals surface area contributed by atoms with Crippen molar-refractivity contribution in [3.63, 3.8) is 0 Å². The van der Waals surface area contributed by atoms with E-state index in [1.165, 1.54) is 24.1 Å². The molecule has 8 atom stereocenters. The number of aromatic hydroxyl groups is 1. The topological polar surface area (TPSA) is 377 Å². The lowest BCUT2D eigenvalue weighted by Crippen LogP contribution is -2.60. The van der Waals surface area contributed by atoms with Gasteiger partial charge in [-0.1, -0.05) is 52.8 Å². The van der Waals surface area contributed by atoms with Crippen molar-refractivity contribution >= 4 is 65.0 Å². The van der Waals surface area contributed by atoms with Crippen LogP contribution in [0.25, 0.3) is 0 Å². The zero-order valence-corrected chi connectivity index (χ0v) is 40.5. The van der Waals surface area contributed by atoms with E-state index >= 15 is 0 Å². The van der Waals surface area contributed by atoms with Crippen LogP contribution in [0.5, 0.6) is 5.75 Å². The molecule has 2 fully saturated rings. The predicted molar refractivity (Wildman–Crippen MR) is 252 cm³/mol. The van der Waals surface area contributed by atoms with Crippen LogP contribution < -0.4 is 54.4 Å². The second-order valence-electron chi connectivity index (χ2n) is 18.2. The average molecular weight is 983 g/mol. The number of primary amides is 3. The number of likely N-dealkylation sites (tertiary alicyclic amines) is 1. The number of nitrogens with one attached hydrogen (secondary N) is 7. The standard InChI is InChI=1S/C46H70N12O12/c1-7-25(4)40-45(69)53-29(14-16-35(47)60)42(66)55-33(21-36(48)61)43(67)54-30(46(70)58-18-8-9-34(58)44(68)56-32(19-24(2)3)41(65)50-22-37(49)62)15-17-39(64)57(6)23-38(63)52-31(26(5)51-40)20-27-10-12-28(59)13-11-27/h10-13,24-25,29-34,40,51,59H,5,7-9,14-23H2,1-4,6H3,(H2,47,60)(H2,48,61)(H2,49,62)(H,50,65)(H,52,63)(H,53,69)(H,54,67)(H,55,66)(H,56,68)/t25-,29-,30-,31-,32-,33-,34?,40-/m0/s1. The van der Waals surface area contributed by atoms with Gasteiger partial charge in [-0.2, -0.15) is 0 Å². The Labute approximate surface area is 406 Å². The van der Waals surface area contributed by atoms with Gasteiger partial charge in [0.25, 0.3) is 0 Å². The molecular weight excluding hydrogens is 913 g/mol. The molecule has 24 nitrogen and oxygen atoms in total. The summed E-state index contributed by atoms with van der Waals surface area (Å²) in [7, 11) is 1.34. The van der Waals surface area contributed by atoms with E-state index in [0.717, 1.165) is 4.90 Å². The van der Waals surface area contributed by atoms with Crippen LogP contribution in [0.3, 0.4) is 0 Å². The number of nitrogens with two attached hydrogens (primary N) is 3. The normalized spacial score (nSPS) is 23.1. The van der Waals surface area contributed by atoms with Crippen LogP contribution in [0.1, 0.15) is 91.0 Å². The van der Waals surface area contributed by atoms with Crippen molar-refractivity contribution < 1.29 is 57.8 Å². The molecule has 0 aromatic heterocycles. The van der Waals surface area contributed by atoms with E-state index in [4.69, 9.17) is 17.2 Å². The Morgan fingerprint density at radius 2 is 1.47 bits per heavy atom. The highest BCUT2D eigenvalue weighted by Gasteiger charge is 2.41. The molecule has 0 saturated carbocycles. The van der Waals surface area contributed by atoms with E-state index in [2.05, 4.69) is 43.8 Å². The highest BCUT2D eigenvalue weighted by atomic mass is 16.3. The number of carbonyl (C=O) groups is 11. The Morgan fingerprint density at radius 1 is 0.829 bits per heavy atom. The number of hydrogen-bond acceptors (Lipinski definition) is 13. The third-order valence-corrected chi connectivity index (χ3v) is 12.0. The summed E-state index contributed by atoms with van der Waals surface area (Å²) in [6.07, 6.45) is -1.29. The summed E-state index contributed by atoms with van der Waals surface area (Å²) in [6, 6.07) is -3.07. The molecule has 2 saturated heterocycles. The lowest BCUT2D eigenvalue weighted by molar-refractivity contribution is -0.143. The van der Waals surface area contributed by atoms with Gasteiger partial charge in [-0.15, -0.1) is 0 Å². The SMILES string of the molecule is C=C1N[C@@H]([C@@H](C)CC)C(=O)N[C@@H](CCC(N)=O)C(=O)N[C@@H](CC(N)=O)C(=O)N[C@H](C(=O)N2CCCC2C(=O)N[C@@H](CC(C)C)C(=O)NCC(N)=O)CCC(=O)N(C)CC(=O)N[C@H]1Cc1ccc(O)cc1. The minimum atomic E-state index is -1.78. The summed E-state index contributed by atoms with van der Waals surface area (Å²) < 4.78 is 0. The van der Waals surface area contributed by atoms with Gasteiger partial charge in [-0.05, 0) is 68.1 Å². The maximum absolute atomic E-state index is 14.6. The number of hydrogen-bond donors (Lipinski definition) is 11. The molecule has 0 aliphatic carbocycles. The van der Waals surface area contributed by atoms with Gasteiger partial charge in [0, 0.05) is 32.1 Å². The first-order chi connectivity index (χ1) is 32.9. The molecule has 2 heterocycles. The number of likely N-dealkylation sites (N-methyl/N-ethyl adjacent to an activating group) is 1. The van der Waals surface area contributed by atoms with Crippen molar-refractivity contribution in [2.24, 2.45) is 29.0 Å². The summed E-state index contributed by atoms with van der Waals surface area (Å²) >= 11 is 0. The number of phenolic OH excluding ortho intramolecular Hbond substituents is 1. The van der Waals surface area contributed by atoms with Crippen LogP contribution in [0.15, 0.2) is 36.5 Å². The van der Waals surface area contributed by atoms with Crippen molar-refractivity contribution in [1.29, 1.82) is 0 Å². The lowest BCUT2D eigenvalue weighted by atomic mass is 9.95. The molecule has 1 aromatic rings. The minimum Gasteiger partial charge on any atom is -0.508 e. The van der Waals surface area contributed by atoms with Crippen LogP contribution in [-0.4, -0.2) is 149 Å². The number of benzene rings is 1. The molecular formula is C46H70N12O12. The molecule has 3 rings (SSSR count). The molecule has 0 spiro atoms. The van der Waals surface area contributed by atoms with Gasteiger partial charge >= 0.3 is 0 Å². The molecule has 386 valence electrons. The summed E-state index contributed by atoms with van der Waals surface area (Å²) in [6.45, 7) is 10.3. The molecule has 14 N–H and O–H groups in total. The fraction of sp³-hybridized carbons (Fsp3) is 0.587. The van der Waals surface area contributed by atoms with E-state index in [1.54, 1.807) is 32.9 Å². The number of rotatable bonds is 17. The molecule has 1 aromatic carbocycles. The summed E-state index contributed by atoms with van der Waals surface area (Å²) in [4.78, 5) is 149. The highest BCUT2D eigenvalue weighted by molar-refractivity contribution is 5.99. The molecule has 1 unspecified atom stereocenters. The van der Waals surface area contributed by atoms with E-state index in [9.17, 15) is 57.8 Å². The van der Waals surface area contributed by atoms with Crippen molar-refractivity contribution in [3.8, 4) is 5.75 Å². The van der Waals surface area contributed by atoms with E-state index in [1.807, 2.05) is 6.92 Å². The van der Waals surface area contributed by atoms with Gasteiger partial charge in [0.1, 0.15) is 42.0 Å². The van der Waals surface area contributed by atoms with E-state index in [-0.39, 0.29) is 49.6 Å². The number of nitrogens with zero attached hydrogens (tertiary/aromatic N) is 2. The molecule has 0 radical (unpaired) electrons. The monoisotopic (exact) mass is 983 g/mol. The van der Waals surface area contributed by atoms with Crippen molar-refractivity contribution in [1.82, 2.24) is 47.0 Å². The van der Waals surface area contributed by atoms with E-state index in [0.29, 0.717) is 18.4 Å². The Balaban J connectivity index is 2.09. The smallest absolute Gasteiger partial charge is 0.245 e. The van der Waals surface area contributed by atoms with Gasteiger partial charge in [0.2, 0.25) is 65.0 Å². The van der Waals surface area contributed by atoms with Crippen molar-refractivity contribution in [2.45, 2.75) is 134 Å². The Hall–Kier alpha value is -7.27. The Kier molecular flexibility index (Phi) is 22.1. The zero-order valence-electron chi connectivity index (χ0n) is 40.5. The molecule has 2 aliphatic heterocycles. The molecule has 70 heavy (non-hydrogen) atoms. The molecule has 0 bridgehead atoms. The Morgan fingerprint density at radius 3 is 2.07 bits per heavy atom. The first-order valence-electron chi connectivity index (χ1n) is 23.3. The number of amides is 11. The van der Waals surface area contributed by atoms with Gasteiger partial charge in [-0.25, -0.2) is 0 Å². The van der Waals surface area contributed by atoms with Gasteiger partial charge in [0.05, 0.1) is 25.6 Å². The van der Waals surface area contributed by atoms with Crippen LogP contribution in [0.2, 0.25) is 0 Å². The average Bonchev–Trinajstić information content (AvgIpc) is 3.79. The first kappa shape index (κ1) is 57.1. The van der Waals surface area contributed by atoms with Crippen molar-refractivity contribution in [2.75, 3.05) is 26.7 Å². The molecule has 11 amide bonds. The Bertz CT molecular complexity index is 2120. The lowest BCUT2D eigenvalue weighted by Gasteiger charge is -2.32. The van der Waals surface area contributed by atoms with Crippen LogP contribution in [0, 0.1) is 11.8 Å². The maximum Gasteiger partial charge on any atom is 0.245 e. The van der Waals surface area contributed by atoms with Crippen molar-refractivity contribution in [3.05, 3.63) is 42.1 Å².